The minimum atomic E-state index is -1.13. The lowest BCUT2D eigenvalue weighted by atomic mass is 9.83. The number of benzene rings is 3. The zero-order chi connectivity index (χ0) is 25.1. The van der Waals surface area contributed by atoms with Crippen LogP contribution in [0.1, 0.15) is 34.4 Å². The first-order valence-corrected chi connectivity index (χ1v) is 13.0. The summed E-state index contributed by atoms with van der Waals surface area (Å²) >= 11 is 0. The monoisotopic (exact) mass is 486 g/mol. The number of hydrogen-bond donors (Lipinski definition) is 0. The van der Waals surface area contributed by atoms with Gasteiger partial charge in [-0.25, -0.2) is 4.99 Å². The van der Waals surface area contributed by atoms with Crippen LogP contribution in [0, 0.1) is 0 Å². The summed E-state index contributed by atoms with van der Waals surface area (Å²) in [4.78, 5) is 28.6. The van der Waals surface area contributed by atoms with E-state index in [4.69, 9.17) is 4.99 Å². The van der Waals surface area contributed by atoms with E-state index in [0.29, 0.717) is 12.4 Å². The van der Waals surface area contributed by atoms with Gasteiger partial charge in [-0.05, 0) is 47.2 Å². The van der Waals surface area contributed by atoms with Crippen molar-refractivity contribution in [3.05, 3.63) is 137 Å². The molecule has 0 N–H and O–H groups in total. The average molecular weight is 487 g/mol. The molecule has 0 saturated carbocycles. The van der Waals surface area contributed by atoms with Crippen molar-refractivity contribution in [1.82, 2.24) is 14.8 Å². The number of fused-ring (bicyclic) bond motifs is 1. The van der Waals surface area contributed by atoms with Gasteiger partial charge in [0.05, 0.1) is 0 Å². The highest BCUT2D eigenvalue weighted by Gasteiger charge is 2.51. The van der Waals surface area contributed by atoms with E-state index in [0.717, 1.165) is 49.3 Å². The molecule has 4 aromatic rings. The van der Waals surface area contributed by atoms with E-state index in [-0.39, 0.29) is 5.91 Å². The summed E-state index contributed by atoms with van der Waals surface area (Å²) in [6.07, 6.45) is 3.70. The second kappa shape index (κ2) is 10.1. The Morgan fingerprint density at radius 1 is 0.730 bits per heavy atom. The zero-order valence-electron chi connectivity index (χ0n) is 20.8. The number of hydrogen-bond acceptors (Lipinski definition) is 4. The molecule has 6 rings (SSSR count). The van der Waals surface area contributed by atoms with Crippen molar-refractivity contribution in [3.8, 4) is 0 Å². The summed E-state index contributed by atoms with van der Waals surface area (Å²) in [5.74, 6) is 0.622. The number of pyridine rings is 1. The normalized spacial score (nSPS) is 16.9. The van der Waals surface area contributed by atoms with Gasteiger partial charge in [0.15, 0.2) is 11.4 Å². The molecule has 0 spiro atoms. The molecule has 2 aliphatic rings. The predicted octanol–water partition coefficient (Wildman–Crippen LogP) is 5.06. The van der Waals surface area contributed by atoms with Crippen molar-refractivity contribution < 1.29 is 4.79 Å². The third-order valence-corrected chi connectivity index (χ3v) is 7.43. The average Bonchev–Trinajstić information content (AvgIpc) is 3.27. The van der Waals surface area contributed by atoms with Gasteiger partial charge in [-0.15, -0.1) is 0 Å². The largest absolute Gasteiger partial charge is 0.299 e. The van der Waals surface area contributed by atoms with Crippen LogP contribution in [-0.4, -0.2) is 46.2 Å². The van der Waals surface area contributed by atoms with E-state index in [1.54, 1.807) is 6.20 Å². The highest BCUT2D eigenvalue weighted by molar-refractivity contribution is 6.16. The second-order valence-corrected chi connectivity index (χ2v) is 9.70. The first-order valence-electron chi connectivity index (χ1n) is 13.0. The molecule has 0 aliphatic carbocycles. The van der Waals surface area contributed by atoms with Gasteiger partial charge in [0.1, 0.15) is 5.69 Å². The maximum atomic E-state index is 14.4. The van der Waals surface area contributed by atoms with Crippen LogP contribution in [-0.2, 0) is 23.3 Å². The van der Waals surface area contributed by atoms with Crippen molar-refractivity contribution in [1.29, 1.82) is 0 Å². The number of amidine groups is 1. The molecule has 184 valence electrons. The molecule has 0 fully saturated rings. The van der Waals surface area contributed by atoms with E-state index in [1.165, 1.54) is 11.1 Å². The highest BCUT2D eigenvalue weighted by atomic mass is 16.2. The molecule has 37 heavy (non-hydrogen) atoms. The number of aliphatic imine (C=N–C) groups is 1. The van der Waals surface area contributed by atoms with Gasteiger partial charge in [0, 0.05) is 32.4 Å². The topological polar surface area (TPSA) is 48.8 Å². The summed E-state index contributed by atoms with van der Waals surface area (Å²) < 4.78 is 0. The van der Waals surface area contributed by atoms with E-state index in [2.05, 4.69) is 34.1 Å². The van der Waals surface area contributed by atoms with E-state index in [1.807, 2.05) is 83.8 Å². The van der Waals surface area contributed by atoms with Crippen molar-refractivity contribution in [3.63, 3.8) is 0 Å². The van der Waals surface area contributed by atoms with E-state index < -0.39 is 5.54 Å². The minimum Gasteiger partial charge on any atom is -0.299 e. The summed E-state index contributed by atoms with van der Waals surface area (Å²) in [5.41, 5.74) is 4.20. The summed E-state index contributed by atoms with van der Waals surface area (Å²) in [7, 11) is 0. The number of carbonyl (C=O) groups is 1. The maximum absolute atomic E-state index is 14.4. The Kier molecular flexibility index (Phi) is 6.37. The Labute approximate surface area is 218 Å². The van der Waals surface area contributed by atoms with Crippen LogP contribution < -0.4 is 0 Å². The number of carbonyl (C=O) groups excluding carboxylic acids is 1. The Morgan fingerprint density at radius 3 is 2.05 bits per heavy atom. The van der Waals surface area contributed by atoms with Crippen LogP contribution >= 0.6 is 0 Å². The molecular formula is C32H30N4O. The third-order valence-electron chi connectivity index (χ3n) is 7.43. The van der Waals surface area contributed by atoms with Crippen molar-refractivity contribution in [2.24, 2.45) is 4.99 Å². The van der Waals surface area contributed by atoms with Crippen LogP contribution in [0.4, 0.5) is 0 Å². The number of nitrogens with zero attached hydrogens (tertiary/aromatic N) is 4. The summed E-state index contributed by atoms with van der Waals surface area (Å²) in [5, 5.41) is 0. The molecule has 3 heterocycles. The quantitative estimate of drug-likeness (QED) is 0.367. The molecule has 0 bridgehead atoms. The van der Waals surface area contributed by atoms with E-state index in [9.17, 15) is 4.79 Å². The van der Waals surface area contributed by atoms with Crippen molar-refractivity contribution in [2.75, 3.05) is 19.6 Å². The summed E-state index contributed by atoms with van der Waals surface area (Å²) in [6, 6.07) is 34.3. The Hall–Kier alpha value is -4.09. The van der Waals surface area contributed by atoms with Crippen LogP contribution in [0.5, 0.6) is 0 Å². The fourth-order valence-electron chi connectivity index (χ4n) is 5.56. The van der Waals surface area contributed by atoms with Crippen LogP contribution in [0.15, 0.2) is 114 Å². The molecule has 0 radical (unpaired) electrons. The molecule has 0 saturated heterocycles. The number of rotatable bonds is 7. The van der Waals surface area contributed by atoms with Crippen molar-refractivity contribution >= 4 is 11.7 Å². The highest BCUT2D eigenvalue weighted by Crippen LogP contribution is 2.41. The van der Waals surface area contributed by atoms with Gasteiger partial charge < -0.3 is 0 Å². The Balaban J connectivity index is 1.31. The maximum Gasteiger partial charge on any atom is 0.265 e. The molecule has 3 aromatic carbocycles. The smallest absolute Gasteiger partial charge is 0.265 e. The van der Waals surface area contributed by atoms with Crippen LogP contribution in [0.2, 0.25) is 0 Å². The lowest BCUT2D eigenvalue weighted by Gasteiger charge is -2.30. The predicted molar refractivity (Wildman–Crippen MR) is 146 cm³/mol. The van der Waals surface area contributed by atoms with Gasteiger partial charge in [-0.2, -0.15) is 0 Å². The Morgan fingerprint density at radius 2 is 1.38 bits per heavy atom. The minimum absolute atomic E-state index is 0.0189. The van der Waals surface area contributed by atoms with Gasteiger partial charge in [-0.3, -0.25) is 19.6 Å². The first-order chi connectivity index (χ1) is 18.3. The summed E-state index contributed by atoms with van der Waals surface area (Å²) in [6.45, 7) is 3.53. The molecule has 0 unspecified atom stereocenters. The van der Waals surface area contributed by atoms with Gasteiger partial charge in [-0.1, -0.05) is 91.0 Å². The molecule has 5 heteroatoms. The number of amides is 1. The molecule has 1 amide bonds. The lowest BCUT2D eigenvalue weighted by molar-refractivity contribution is -0.130. The fourth-order valence-corrected chi connectivity index (χ4v) is 5.56. The molecular weight excluding hydrogens is 456 g/mol. The second-order valence-electron chi connectivity index (χ2n) is 9.70. The van der Waals surface area contributed by atoms with Crippen LogP contribution in [0.25, 0.3) is 0 Å². The van der Waals surface area contributed by atoms with Gasteiger partial charge in [0.25, 0.3) is 5.91 Å². The molecule has 0 atom stereocenters. The van der Waals surface area contributed by atoms with Gasteiger partial charge >= 0.3 is 0 Å². The zero-order valence-corrected chi connectivity index (χ0v) is 20.8. The van der Waals surface area contributed by atoms with Gasteiger partial charge in [0.2, 0.25) is 0 Å². The third kappa shape index (κ3) is 4.36. The lowest BCUT2D eigenvalue weighted by Crippen LogP contribution is -2.43. The number of aromatic nitrogens is 1. The fraction of sp³-hybridized carbons (Fsp3) is 0.219. The molecule has 5 nitrogen and oxygen atoms in total. The first kappa shape index (κ1) is 23.3. The standard InChI is InChI=1S/C32H30N4O/c37-31-32(27-14-3-1-4-15-27,28-16-5-2-6-17-28)34-30(29-18-9-10-20-33-29)36(31)22-11-21-35-23-19-25-12-7-8-13-26(25)24-35/h1-10,12-18,20H,11,19,21-24H2. The molecule has 2 aliphatic heterocycles. The van der Waals surface area contributed by atoms with Crippen molar-refractivity contribution in [2.45, 2.75) is 24.9 Å². The van der Waals surface area contributed by atoms with E-state index >= 15 is 0 Å². The van der Waals surface area contributed by atoms with Crippen LogP contribution in [0.3, 0.4) is 0 Å². The Bertz CT molecular complexity index is 1360. The SMILES string of the molecule is O=C1N(CCCN2CCc3ccccc3C2)C(c2ccccn2)=NC1(c1ccccc1)c1ccccc1. The molecule has 1 aromatic heterocycles.